The van der Waals surface area contributed by atoms with E-state index in [0.29, 0.717) is 0 Å². The molecule has 0 atom stereocenters. The van der Waals surface area contributed by atoms with E-state index in [1.807, 2.05) is 0 Å². The quantitative estimate of drug-likeness (QED) is 0.319. The van der Waals surface area contributed by atoms with E-state index in [9.17, 15) is 0 Å². The van der Waals surface area contributed by atoms with E-state index in [4.69, 9.17) is 39.6 Å². The van der Waals surface area contributed by atoms with E-state index in [-0.39, 0.29) is 44.4 Å². The summed E-state index contributed by atoms with van der Waals surface area (Å²) in [6, 6.07) is 0. The Labute approximate surface area is 135 Å². The van der Waals surface area contributed by atoms with Crippen LogP contribution in [0.15, 0.2) is 0 Å². The van der Waals surface area contributed by atoms with E-state index in [2.05, 4.69) is 0 Å². The van der Waals surface area contributed by atoms with Gasteiger partial charge in [-0.3, -0.25) is 0 Å². The van der Waals surface area contributed by atoms with Crippen LogP contribution in [0.3, 0.4) is 0 Å². The molecule has 2 radical (unpaired) electrons. The summed E-state index contributed by atoms with van der Waals surface area (Å²) < 4.78 is 0. The molecule has 0 aliphatic heterocycles. The molecule has 0 fully saturated rings. The van der Waals surface area contributed by atoms with Crippen LogP contribution in [0.4, 0.5) is 0 Å². The third-order valence-electron chi connectivity index (χ3n) is 0. The standard InChI is InChI=1S/4C2H4O2.H2O.2Rh/c4*1-2(3)4;;;/h4*1H3,(H,3,4);1H2;;/q;;;;;2*+2/p-4. The predicted molar refractivity (Wildman–Crippen MR) is 46.3 cm³/mol. The molecule has 0 aromatic heterocycles. The van der Waals surface area contributed by atoms with Crippen LogP contribution in [0, 0.1) is 0 Å². The molecule has 2 N–H and O–H groups in total. The summed E-state index contributed by atoms with van der Waals surface area (Å²) in [5.74, 6) is -4.33. The molecule has 0 aromatic rings. The van der Waals surface area contributed by atoms with Crippen molar-refractivity contribution in [2.75, 3.05) is 0 Å². The second-order valence-electron chi connectivity index (χ2n) is 1.97. The van der Waals surface area contributed by atoms with Crippen LogP contribution in [-0.2, 0) is 58.1 Å². The van der Waals surface area contributed by atoms with Gasteiger partial charge in [-0.2, -0.15) is 0 Å². The summed E-state index contributed by atoms with van der Waals surface area (Å²) >= 11 is 0. The second kappa shape index (κ2) is 36.0. The van der Waals surface area contributed by atoms with Crippen molar-refractivity contribution in [1.29, 1.82) is 0 Å². The fourth-order valence-electron chi connectivity index (χ4n) is 0. The number of carboxylic acids is 4. The first-order valence-corrected chi connectivity index (χ1v) is 3.63. The first-order valence-electron chi connectivity index (χ1n) is 3.63. The zero-order valence-electron chi connectivity index (χ0n) is 10.4. The normalized spacial score (nSPS) is 5.26. The molecule has 0 rings (SSSR count). The van der Waals surface area contributed by atoms with Gasteiger partial charge in [0.1, 0.15) is 0 Å². The Bertz CT molecular complexity index is 166. The van der Waals surface area contributed by atoms with Gasteiger partial charge >= 0.3 is 39.0 Å². The molecule has 11 heteroatoms. The van der Waals surface area contributed by atoms with Gasteiger partial charge in [0, 0.05) is 23.9 Å². The van der Waals surface area contributed by atoms with Crippen LogP contribution in [0.2, 0.25) is 0 Å². The average Bonchev–Trinajstić information content (AvgIpc) is 1.76. The molecule has 0 heterocycles. The van der Waals surface area contributed by atoms with Gasteiger partial charge in [-0.25, -0.2) is 0 Å². The molecule has 0 amide bonds. The maximum atomic E-state index is 8.89. The van der Waals surface area contributed by atoms with Crippen molar-refractivity contribution in [3.63, 3.8) is 0 Å². The zero-order valence-corrected chi connectivity index (χ0v) is 13.7. The molecular formula is C8H14O9Rh2. The van der Waals surface area contributed by atoms with Crippen molar-refractivity contribution < 1.29 is 84.0 Å². The number of carboxylic acid groups (broad SMARTS) is 4. The minimum Gasteiger partial charge on any atom is -0.550 e. The molecule has 0 unspecified atom stereocenters. The van der Waals surface area contributed by atoms with Crippen LogP contribution in [0.1, 0.15) is 27.7 Å². The van der Waals surface area contributed by atoms with Gasteiger partial charge in [0.15, 0.2) is 0 Å². The van der Waals surface area contributed by atoms with Crippen LogP contribution >= 0.6 is 0 Å². The Hall–Kier alpha value is -0.913. The van der Waals surface area contributed by atoms with E-state index in [1.165, 1.54) is 0 Å². The molecule has 0 aromatic carbocycles. The van der Waals surface area contributed by atoms with Crippen LogP contribution in [0.5, 0.6) is 0 Å². The summed E-state index contributed by atoms with van der Waals surface area (Å²) in [7, 11) is 0. The smallest absolute Gasteiger partial charge is 0.550 e. The minimum atomic E-state index is -1.08. The summed E-state index contributed by atoms with van der Waals surface area (Å²) in [5.41, 5.74) is 0. The van der Waals surface area contributed by atoms with Gasteiger partial charge in [-0.1, -0.05) is 0 Å². The van der Waals surface area contributed by atoms with Crippen molar-refractivity contribution in [2.45, 2.75) is 27.7 Å². The number of rotatable bonds is 0. The molecular weight excluding hydrogens is 446 g/mol. The number of hydrogen-bond donors (Lipinski definition) is 0. The summed E-state index contributed by atoms with van der Waals surface area (Å²) in [6.07, 6.45) is 0. The van der Waals surface area contributed by atoms with Crippen molar-refractivity contribution in [3.8, 4) is 0 Å². The Morgan fingerprint density at radius 3 is 0.526 bits per heavy atom. The van der Waals surface area contributed by atoms with Crippen LogP contribution < -0.4 is 20.4 Å². The molecule has 0 aliphatic rings. The second-order valence-corrected chi connectivity index (χ2v) is 1.97. The van der Waals surface area contributed by atoms with E-state index < -0.39 is 23.9 Å². The number of carbonyl (C=O) groups excluding carboxylic acids is 4. The first-order chi connectivity index (χ1) is 6.93. The first kappa shape index (κ1) is 43.0. The van der Waals surface area contributed by atoms with Gasteiger partial charge in [0.05, 0.1) is 0 Å². The van der Waals surface area contributed by atoms with Gasteiger partial charge in [0.2, 0.25) is 0 Å². The minimum absolute atomic E-state index is 0. The van der Waals surface area contributed by atoms with E-state index in [1.54, 1.807) is 0 Å². The molecule has 0 aliphatic carbocycles. The number of aliphatic carboxylic acids is 4. The molecule has 0 bridgehead atoms. The van der Waals surface area contributed by atoms with Gasteiger partial charge in [-0.05, 0) is 27.7 Å². The van der Waals surface area contributed by atoms with E-state index >= 15 is 0 Å². The Morgan fingerprint density at radius 2 is 0.526 bits per heavy atom. The molecule has 0 spiro atoms. The van der Waals surface area contributed by atoms with Crippen molar-refractivity contribution in [2.24, 2.45) is 0 Å². The molecule has 0 saturated carbocycles. The summed E-state index contributed by atoms with van der Waals surface area (Å²) in [5, 5.41) is 35.6. The Balaban J connectivity index is -0.0000000192. The van der Waals surface area contributed by atoms with Gasteiger partial charge in [0.25, 0.3) is 0 Å². The van der Waals surface area contributed by atoms with Crippen LogP contribution in [-0.4, -0.2) is 29.4 Å². The Morgan fingerprint density at radius 1 is 0.526 bits per heavy atom. The van der Waals surface area contributed by atoms with Crippen molar-refractivity contribution >= 4 is 23.9 Å². The maximum Gasteiger partial charge on any atom is 2.00 e. The van der Waals surface area contributed by atoms with E-state index in [0.717, 1.165) is 27.7 Å². The molecule has 118 valence electrons. The number of carbonyl (C=O) groups is 4. The molecule has 9 nitrogen and oxygen atoms in total. The SMILES string of the molecule is CC(=O)[O-].CC(=O)[O-].CC(=O)[O-].CC(=O)[O-].O.[Rh+2].[Rh+2]. The molecule has 19 heavy (non-hydrogen) atoms. The fourth-order valence-corrected chi connectivity index (χ4v) is 0. The van der Waals surface area contributed by atoms with Gasteiger partial charge < -0.3 is 45.1 Å². The third kappa shape index (κ3) is 4660. The topological polar surface area (TPSA) is 192 Å². The third-order valence-corrected chi connectivity index (χ3v) is 0. The summed E-state index contributed by atoms with van der Waals surface area (Å²) in [6.45, 7) is 3.89. The average molecular weight is 460 g/mol. The fraction of sp³-hybridized carbons (Fsp3) is 0.500. The zero-order chi connectivity index (χ0) is 14.3. The van der Waals surface area contributed by atoms with Crippen molar-refractivity contribution in [3.05, 3.63) is 0 Å². The van der Waals surface area contributed by atoms with Crippen molar-refractivity contribution in [1.82, 2.24) is 0 Å². The monoisotopic (exact) mass is 460 g/mol. The number of hydrogen-bond acceptors (Lipinski definition) is 8. The summed E-state index contributed by atoms with van der Waals surface area (Å²) in [4.78, 5) is 35.6. The largest absolute Gasteiger partial charge is 2.00 e. The predicted octanol–water partition coefficient (Wildman–Crippen LogP) is -5.80. The Kier molecular flexibility index (Phi) is 81.3. The maximum absolute atomic E-state index is 8.89. The van der Waals surface area contributed by atoms with Gasteiger partial charge in [-0.15, -0.1) is 0 Å². The van der Waals surface area contributed by atoms with Crippen LogP contribution in [0.25, 0.3) is 0 Å². The molecule has 0 saturated heterocycles.